The molecule has 0 spiro atoms. The highest BCUT2D eigenvalue weighted by molar-refractivity contribution is 6.44. The van der Waals surface area contributed by atoms with Crippen molar-refractivity contribution >= 4 is 17.3 Å². The molecule has 1 aromatic carbocycles. The molecular formula is C14H17N3O4. The highest BCUT2D eigenvalue weighted by Crippen LogP contribution is 2.31. The molecule has 0 radical (unpaired) electrons. The van der Waals surface area contributed by atoms with Crippen molar-refractivity contribution in [1.29, 1.82) is 0 Å². The highest BCUT2D eigenvalue weighted by Gasteiger charge is 2.54. The number of hydrogen-bond acceptors (Lipinski definition) is 4. The number of carbonyl (C=O) groups is 1. The Morgan fingerprint density at radius 2 is 1.81 bits per heavy atom. The second-order valence-electron chi connectivity index (χ2n) is 5.56. The largest absolute Gasteiger partial charge is 0.621 e. The monoisotopic (exact) mass is 291 g/mol. The van der Waals surface area contributed by atoms with E-state index in [1.807, 2.05) is 13.8 Å². The number of non-ortho nitro benzene ring substituents is 1. The van der Waals surface area contributed by atoms with Crippen LogP contribution >= 0.6 is 0 Å². The van der Waals surface area contributed by atoms with E-state index in [4.69, 9.17) is 0 Å². The summed E-state index contributed by atoms with van der Waals surface area (Å²) in [6, 6.07) is 5.43. The average molecular weight is 291 g/mol. The van der Waals surface area contributed by atoms with Crippen LogP contribution in [0.2, 0.25) is 0 Å². The maximum absolute atomic E-state index is 12.6. The second-order valence-corrected chi connectivity index (χ2v) is 5.56. The summed E-state index contributed by atoms with van der Waals surface area (Å²) in [6.45, 7) is 5.45. The second kappa shape index (κ2) is 4.83. The standard InChI is InChI=1S/C14H17N3O4/c1-9(2)14(3)15(4)13(18)12(16(14)19)10-5-7-11(8-6-10)17(20)21/h5-9H,1-4H3. The third kappa shape index (κ3) is 2.05. The van der Waals surface area contributed by atoms with Crippen molar-refractivity contribution in [3.8, 4) is 0 Å². The minimum absolute atomic E-state index is 0.0172. The van der Waals surface area contributed by atoms with Gasteiger partial charge in [-0.2, -0.15) is 4.74 Å². The van der Waals surface area contributed by atoms with E-state index in [9.17, 15) is 20.1 Å². The number of likely N-dealkylation sites (N-methyl/N-ethyl adjacent to an activating group) is 1. The molecule has 0 bridgehead atoms. The van der Waals surface area contributed by atoms with Crippen molar-refractivity contribution in [3.63, 3.8) is 0 Å². The molecule has 0 N–H and O–H groups in total. The zero-order chi connectivity index (χ0) is 15.9. The predicted molar refractivity (Wildman–Crippen MR) is 76.8 cm³/mol. The Hall–Kier alpha value is -2.44. The topological polar surface area (TPSA) is 89.5 Å². The summed E-state index contributed by atoms with van der Waals surface area (Å²) in [4.78, 5) is 23.9. The van der Waals surface area contributed by atoms with Gasteiger partial charge in [-0.1, -0.05) is 13.8 Å². The fourth-order valence-corrected chi connectivity index (χ4v) is 2.42. The average Bonchev–Trinajstić information content (AvgIpc) is 2.61. The molecule has 0 aliphatic carbocycles. The smallest absolute Gasteiger partial charge is 0.325 e. The van der Waals surface area contributed by atoms with Gasteiger partial charge in [-0.3, -0.25) is 19.8 Å². The van der Waals surface area contributed by atoms with E-state index in [1.165, 1.54) is 29.2 Å². The minimum atomic E-state index is -0.964. The third-order valence-electron chi connectivity index (χ3n) is 4.25. The Balaban J connectivity index is 2.54. The maximum atomic E-state index is 12.6. The lowest BCUT2D eigenvalue weighted by Crippen LogP contribution is -2.51. The van der Waals surface area contributed by atoms with Gasteiger partial charge in [0.25, 0.3) is 17.1 Å². The number of rotatable bonds is 3. The molecule has 1 unspecified atom stereocenters. The fraction of sp³-hybridized carbons (Fsp3) is 0.429. The van der Waals surface area contributed by atoms with Crippen LogP contribution in [0.25, 0.3) is 0 Å². The summed E-state index contributed by atoms with van der Waals surface area (Å²) >= 11 is 0. The van der Waals surface area contributed by atoms with Crippen molar-refractivity contribution in [2.24, 2.45) is 5.92 Å². The van der Waals surface area contributed by atoms with Crippen LogP contribution in [0.15, 0.2) is 24.3 Å². The maximum Gasteiger partial charge on any atom is 0.325 e. The third-order valence-corrected chi connectivity index (χ3v) is 4.25. The summed E-state index contributed by atoms with van der Waals surface area (Å²) in [7, 11) is 1.59. The van der Waals surface area contributed by atoms with Gasteiger partial charge in [0.1, 0.15) is 0 Å². The summed E-state index contributed by atoms with van der Waals surface area (Å²) in [5, 5.41) is 23.3. The first-order chi connectivity index (χ1) is 9.71. The Bertz CT molecular complexity index is 636. The van der Waals surface area contributed by atoms with Crippen molar-refractivity contribution < 1.29 is 14.5 Å². The van der Waals surface area contributed by atoms with Gasteiger partial charge in [0.2, 0.25) is 0 Å². The minimum Gasteiger partial charge on any atom is -0.621 e. The molecule has 2 rings (SSSR count). The predicted octanol–water partition coefficient (Wildman–Crippen LogP) is 1.74. The van der Waals surface area contributed by atoms with Gasteiger partial charge >= 0.3 is 5.91 Å². The molecule has 1 aliphatic rings. The number of hydrogen-bond donors (Lipinski definition) is 0. The van der Waals surface area contributed by atoms with Gasteiger partial charge in [0.05, 0.1) is 10.5 Å². The van der Waals surface area contributed by atoms with E-state index in [2.05, 4.69) is 0 Å². The number of nitrogens with zero attached hydrogens (tertiary/aromatic N) is 3. The van der Waals surface area contributed by atoms with Crippen LogP contribution in [0.3, 0.4) is 0 Å². The normalized spacial score (nSPS) is 22.3. The van der Waals surface area contributed by atoms with E-state index in [1.54, 1.807) is 14.0 Å². The molecule has 0 aromatic heterocycles. The highest BCUT2D eigenvalue weighted by atomic mass is 16.6. The Morgan fingerprint density at radius 1 is 1.29 bits per heavy atom. The molecule has 1 heterocycles. The van der Waals surface area contributed by atoms with Gasteiger partial charge in [0, 0.05) is 32.0 Å². The number of carbonyl (C=O) groups excluding carboxylic acids is 1. The molecule has 21 heavy (non-hydrogen) atoms. The van der Waals surface area contributed by atoms with E-state index >= 15 is 0 Å². The molecule has 1 aromatic rings. The van der Waals surface area contributed by atoms with E-state index in [0.717, 1.165) is 0 Å². The summed E-state index contributed by atoms with van der Waals surface area (Å²) in [6.07, 6.45) is 0. The lowest BCUT2D eigenvalue weighted by molar-refractivity contribution is -0.570. The molecule has 112 valence electrons. The zero-order valence-electron chi connectivity index (χ0n) is 12.4. The van der Waals surface area contributed by atoms with E-state index in [0.29, 0.717) is 10.3 Å². The summed E-state index contributed by atoms with van der Waals surface area (Å²) in [5.41, 5.74) is -0.642. The molecule has 7 nitrogen and oxygen atoms in total. The Labute approximate surface area is 122 Å². The van der Waals surface area contributed by atoms with Gasteiger partial charge < -0.3 is 5.21 Å². The van der Waals surface area contributed by atoms with Crippen LogP contribution in [0, 0.1) is 21.2 Å². The Kier molecular flexibility index (Phi) is 3.44. The van der Waals surface area contributed by atoms with Crippen LogP contribution in [-0.2, 0) is 4.79 Å². The number of nitro benzene ring substituents is 1. The van der Waals surface area contributed by atoms with Crippen LogP contribution in [0.1, 0.15) is 26.3 Å². The molecule has 1 amide bonds. The van der Waals surface area contributed by atoms with Gasteiger partial charge in [-0.15, -0.1) is 0 Å². The SMILES string of the molecule is CC(C)C1(C)N(C)C(=O)C(c2ccc([N+](=O)[O-])cc2)=[N+]1[O-]. The number of amides is 1. The van der Waals surface area contributed by atoms with Gasteiger partial charge in [0.15, 0.2) is 0 Å². The quantitative estimate of drug-likeness (QED) is 0.367. The van der Waals surface area contributed by atoms with Crippen molar-refractivity contribution in [2.75, 3.05) is 7.05 Å². The molecule has 0 saturated carbocycles. The molecule has 1 aliphatic heterocycles. The fourth-order valence-electron chi connectivity index (χ4n) is 2.42. The van der Waals surface area contributed by atoms with Crippen LogP contribution in [0.5, 0.6) is 0 Å². The first-order valence-electron chi connectivity index (χ1n) is 6.58. The van der Waals surface area contributed by atoms with Crippen molar-refractivity contribution in [2.45, 2.75) is 26.4 Å². The molecule has 0 fully saturated rings. The summed E-state index contributed by atoms with van der Waals surface area (Å²) in [5.74, 6) is -0.449. The van der Waals surface area contributed by atoms with Gasteiger partial charge in [-0.25, -0.2) is 0 Å². The molecule has 0 saturated heterocycles. The zero-order valence-corrected chi connectivity index (χ0v) is 12.4. The van der Waals surface area contributed by atoms with Crippen molar-refractivity contribution in [3.05, 3.63) is 45.2 Å². The first kappa shape index (κ1) is 15.0. The lowest BCUT2D eigenvalue weighted by atomic mass is 9.98. The lowest BCUT2D eigenvalue weighted by Gasteiger charge is -2.32. The molecule has 1 atom stereocenters. The number of nitro groups is 1. The van der Waals surface area contributed by atoms with Gasteiger partial charge in [-0.05, 0) is 12.1 Å². The van der Waals surface area contributed by atoms with Crippen LogP contribution < -0.4 is 0 Å². The number of benzene rings is 1. The molecule has 7 heteroatoms. The van der Waals surface area contributed by atoms with Crippen molar-refractivity contribution in [1.82, 2.24) is 4.90 Å². The number of hydroxylamine groups is 1. The molecular weight excluding hydrogens is 274 g/mol. The first-order valence-corrected chi connectivity index (χ1v) is 6.58. The Morgan fingerprint density at radius 3 is 2.19 bits per heavy atom. The van der Waals surface area contributed by atoms with E-state index < -0.39 is 10.6 Å². The van der Waals surface area contributed by atoms with E-state index in [-0.39, 0.29) is 23.2 Å². The van der Waals surface area contributed by atoms with Crippen LogP contribution in [0.4, 0.5) is 5.69 Å². The van der Waals surface area contributed by atoms with Crippen LogP contribution in [-0.4, -0.2) is 38.9 Å². The summed E-state index contributed by atoms with van der Waals surface area (Å²) < 4.78 is 0.709.